The van der Waals surface area contributed by atoms with E-state index in [0.29, 0.717) is 6.54 Å². The first kappa shape index (κ1) is 17.5. The molecule has 0 radical (unpaired) electrons. The maximum atomic E-state index is 12.5. The Bertz CT molecular complexity index is 679. The molecule has 1 heterocycles. The summed E-state index contributed by atoms with van der Waals surface area (Å²) in [4.78, 5) is 13.3. The Morgan fingerprint density at radius 3 is 1.92 bits per heavy atom. The van der Waals surface area contributed by atoms with Crippen molar-refractivity contribution >= 4 is 5.91 Å². The molecule has 0 unspecified atom stereocenters. The van der Waals surface area contributed by atoms with Crippen molar-refractivity contribution in [1.29, 1.82) is 0 Å². The van der Waals surface area contributed by atoms with Gasteiger partial charge in [0.2, 0.25) is 0 Å². The Morgan fingerprint density at radius 2 is 1.52 bits per heavy atom. The highest BCUT2D eigenvalue weighted by Gasteiger charge is 2.46. The Labute approximate surface area is 144 Å². The third-order valence-electron chi connectivity index (χ3n) is 4.65. The van der Waals surface area contributed by atoms with Gasteiger partial charge in [0.05, 0.1) is 12.1 Å². The molecule has 2 aromatic rings. The molecule has 0 saturated carbocycles. The first-order valence-electron chi connectivity index (χ1n) is 8.11. The van der Waals surface area contributed by atoms with E-state index in [1.807, 2.05) is 67.6 Å². The van der Waals surface area contributed by atoms with Gasteiger partial charge in [-0.05, 0) is 18.1 Å². The van der Waals surface area contributed by atoms with Gasteiger partial charge in [0.1, 0.15) is 0 Å². The summed E-state index contributed by atoms with van der Waals surface area (Å²) in [6.45, 7) is 2.21. The maximum Gasteiger partial charge on any atom is 0.471 e. The number of benzene rings is 2. The van der Waals surface area contributed by atoms with Gasteiger partial charge in [0, 0.05) is 12.6 Å². The zero-order chi connectivity index (χ0) is 18.0. The molecule has 6 heteroatoms. The van der Waals surface area contributed by atoms with Gasteiger partial charge in [-0.3, -0.25) is 9.69 Å². The lowest BCUT2D eigenvalue weighted by Crippen LogP contribution is -2.67. The predicted octanol–water partition coefficient (Wildman–Crippen LogP) is 3.53. The monoisotopic (exact) mass is 348 g/mol. The summed E-state index contributed by atoms with van der Waals surface area (Å²) in [6.07, 6.45) is -4.85. The topological polar surface area (TPSA) is 32.3 Å². The molecule has 0 bridgehead atoms. The molecule has 3 rings (SSSR count). The molecule has 1 amide bonds. The van der Waals surface area contributed by atoms with Crippen LogP contribution in [0.25, 0.3) is 0 Å². The molecule has 0 spiro atoms. The molecule has 132 valence electrons. The van der Waals surface area contributed by atoms with E-state index < -0.39 is 18.1 Å². The van der Waals surface area contributed by atoms with Gasteiger partial charge < -0.3 is 5.32 Å². The number of hydrogen-bond donors (Lipinski definition) is 1. The van der Waals surface area contributed by atoms with E-state index in [4.69, 9.17) is 0 Å². The lowest BCUT2D eigenvalue weighted by atomic mass is 9.88. The summed E-state index contributed by atoms with van der Waals surface area (Å²) >= 11 is 0. The number of carbonyl (C=O) groups is 1. The Balaban J connectivity index is 1.79. The molecule has 1 fully saturated rings. The van der Waals surface area contributed by atoms with Crippen LogP contribution in [0.3, 0.4) is 0 Å². The van der Waals surface area contributed by atoms with Crippen LogP contribution in [0.1, 0.15) is 24.1 Å². The second kappa shape index (κ2) is 6.88. The number of alkyl halides is 3. The van der Waals surface area contributed by atoms with Gasteiger partial charge in [-0.2, -0.15) is 13.2 Å². The standard InChI is InChI=1S/C19H19F3N2O/c1-13-16(23-18(25)19(20,21)22)12-24(13)17(14-8-4-2-5-9-14)15-10-6-3-7-11-15/h2-11,13,16-17H,12H2,1H3,(H,23,25)/t13-,16+/m0/s1. The van der Waals surface area contributed by atoms with Crippen molar-refractivity contribution in [2.45, 2.75) is 31.2 Å². The molecular formula is C19H19F3N2O. The van der Waals surface area contributed by atoms with Gasteiger partial charge in [0.25, 0.3) is 0 Å². The smallest absolute Gasteiger partial charge is 0.343 e. The van der Waals surface area contributed by atoms with Crippen LogP contribution in [0.5, 0.6) is 0 Å². The van der Waals surface area contributed by atoms with E-state index in [2.05, 4.69) is 10.2 Å². The molecule has 1 aliphatic rings. The zero-order valence-electron chi connectivity index (χ0n) is 13.7. The van der Waals surface area contributed by atoms with Crippen molar-refractivity contribution in [3.8, 4) is 0 Å². The summed E-state index contributed by atoms with van der Waals surface area (Å²) in [5.74, 6) is -1.88. The van der Waals surface area contributed by atoms with Gasteiger partial charge in [0.15, 0.2) is 0 Å². The van der Waals surface area contributed by atoms with Crippen molar-refractivity contribution in [3.63, 3.8) is 0 Å². The number of hydrogen-bond acceptors (Lipinski definition) is 2. The largest absolute Gasteiger partial charge is 0.471 e. The molecular weight excluding hydrogens is 329 g/mol. The zero-order valence-corrected chi connectivity index (χ0v) is 13.7. The number of halogens is 3. The van der Waals surface area contributed by atoms with Crippen molar-refractivity contribution in [3.05, 3.63) is 71.8 Å². The molecule has 0 aromatic heterocycles. The number of nitrogens with one attached hydrogen (secondary N) is 1. The van der Waals surface area contributed by atoms with E-state index in [1.165, 1.54) is 0 Å². The molecule has 0 aliphatic carbocycles. The highest BCUT2D eigenvalue weighted by Crippen LogP contribution is 2.36. The lowest BCUT2D eigenvalue weighted by molar-refractivity contribution is -0.176. The van der Waals surface area contributed by atoms with Crippen LogP contribution in [0.4, 0.5) is 13.2 Å². The van der Waals surface area contributed by atoms with Crippen LogP contribution in [-0.4, -0.2) is 35.6 Å². The molecule has 1 aliphatic heterocycles. The summed E-state index contributed by atoms with van der Waals surface area (Å²) in [6, 6.07) is 18.9. The highest BCUT2D eigenvalue weighted by molar-refractivity contribution is 5.82. The first-order valence-corrected chi connectivity index (χ1v) is 8.11. The second-order valence-electron chi connectivity index (χ2n) is 6.24. The number of carbonyl (C=O) groups excluding carboxylic acids is 1. The summed E-state index contributed by atoms with van der Waals surface area (Å²) in [5.41, 5.74) is 2.14. The fourth-order valence-corrected chi connectivity index (χ4v) is 3.24. The summed E-state index contributed by atoms with van der Waals surface area (Å²) < 4.78 is 37.4. The molecule has 1 N–H and O–H groups in total. The van der Waals surface area contributed by atoms with Gasteiger partial charge in [-0.15, -0.1) is 0 Å². The Kier molecular flexibility index (Phi) is 4.81. The van der Waals surface area contributed by atoms with Crippen molar-refractivity contribution in [1.82, 2.24) is 10.2 Å². The number of nitrogens with zero attached hydrogens (tertiary/aromatic N) is 1. The SMILES string of the molecule is C[C@H]1[C@H](NC(=O)C(F)(F)F)CN1C(c1ccccc1)c1ccccc1. The van der Waals surface area contributed by atoms with E-state index in [-0.39, 0.29) is 12.1 Å². The lowest BCUT2D eigenvalue weighted by Gasteiger charge is -2.50. The van der Waals surface area contributed by atoms with Crippen LogP contribution in [0, 0.1) is 0 Å². The third-order valence-corrected chi connectivity index (χ3v) is 4.65. The van der Waals surface area contributed by atoms with Crippen LogP contribution in [0.15, 0.2) is 60.7 Å². The van der Waals surface area contributed by atoms with E-state index >= 15 is 0 Å². The highest BCUT2D eigenvalue weighted by atomic mass is 19.4. The van der Waals surface area contributed by atoms with E-state index in [0.717, 1.165) is 11.1 Å². The minimum absolute atomic E-state index is 0.0589. The van der Waals surface area contributed by atoms with Gasteiger partial charge >= 0.3 is 12.1 Å². The fraction of sp³-hybridized carbons (Fsp3) is 0.316. The minimum atomic E-state index is -4.85. The van der Waals surface area contributed by atoms with Crippen LogP contribution >= 0.6 is 0 Å². The van der Waals surface area contributed by atoms with Gasteiger partial charge in [-0.1, -0.05) is 60.7 Å². The number of amides is 1. The fourth-order valence-electron chi connectivity index (χ4n) is 3.24. The predicted molar refractivity (Wildman–Crippen MR) is 88.9 cm³/mol. The average molecular weight is 348 g/mol. The summed E-state index contributed by atoms with van der Waals surface area (Å²) in [7, 11) is 0. The Morgan fingerprint density at radius 1 is 1.04 bits per heavy atom. The van der Waals surface area contributed by atoms with E-state index in [9.17, 15) is 18.0 Å². The molecule has 2 aromatic carbocycles. The minimum Gasteiger partial charge on any atom is -0.343 e. The van der Waals surface area contributed by atoms with Crippen LogP contribution in [0.2, 0.25) is 0 Å². The number of rotatable bonds is 4. The molecule has 1 saturated heterocycles. The van der Waals surface area contributed by atoms with Gasteiger partial charge in [-0.25, -0.2) is 0 Å². The average Bonchev–Trinajstić information content (AvgIpc) is 2.61. The quantitative estimate of drug-likeness (QED) is 0.917. The van der Waals surface area contributed by atoms with Crippen LogP contribution in [-0.2, 0) is 4.79 Å². The summed E-state index contributed by atoms with van der Waals surface area (Å²) in [5, 5.41) is 2.09. The van der Waals surface area contributed by atoms with Crippen LogP contribution < -0.4 is 5.32 Å². The van der Waals surface area contributed by atoms with Crippen molar-refractivity contribution < 1.29 is 18.0 Å². The normalized spacial score (nSPS) is 21.0. The molecule has 2 atom stereocenters. The maximum absolute atomic E-state index is 12.5. The first-order chi connectivity index (χ1) is 11.9. The Hall–Kier alpha value is -2.34. The van der Waals surface area contributed by atoms with Crippen molar-refractivity contribution in [2.75, 3.05) is 6.54 Å². The van der Waals surface area contributed by atoms with E-state index in [1.54, 1.807) is 0 Å². The molecule has 3 nitrogen and oxygen atoms in total. The number of likely N-dealkylation sites (tertiary alicyclic amines) is 1. The second-order valence-corrected chi connectivity index (χ2v) is 6.24. The van der Waals surface area contributed by atoms with Crippen molar-refractivity contribution in [2.24, 2.45) is 0 Å². The molecule has 25 heavy (non-hydrogen) atoms. The third kappa shape index (κ3) is 3.69.